The molecule has 3 aromatic heterocycles. The number of anilines is 1. The zero-order chi connectivity index (χ0) is 21.9. The molecular weight excluding hydrogens is 400 g/mol. The number of fused-ring (bicyclic) bond motifs is 1. The lowest BCUT2D eigenvalue weighted by molar-refractivity contribution is 0.0939. The van der Waals surface area contributed by atoms with Gasteiger partial charge in [-0.05, 0) is 62.8 Å². The van der Waals surface area contributed by atoms with Crippen LogP contribution in [0.4, 0.5) is 5.69 Å². The molecule has 168 valence electrons. The highest BCUT2D eigenvalue weighted by molar-refractivity contribution is 5.95. The molecule has 0 bridgehead atoms. The number of imidazole rings is 1. The van der Waals surface area contributed by atoms with Crippen LogP contribution in [0.5, 0.6) is 0 Å². The largest absolute Gasteiger partial charge is 0.370 e. The van der Waals surface area contributed by atoms with E-state index < -0.39 is 0 Å². The fourth-order valence-corrected chi connectivity index (χ4v) is 4.54. The topological polar surface area (TPSA) is 74.6 Å². The summed E-state index contributed by atoms with van der Waals surface area (Å²) in [6, 6.07) is 5.91. The molecule has 7 heteroatoms. The Kier molecular flexibility index (Phi) is 6.08. The number of pyridine rings is 2. The minimum absolute atomic E-state index is 0.121. The fraction of sp³-hybridized carbons (Fsp3) is 0.480. The monoisotopic (exact) mass is 432 g/mol. The number of rotatable bonds is 8. The van der Waals surface area contributed by atoms with Crippen LogP contribution in [0.15, 0.2) is 43.0 Å². The van der Waals surface area contributed by atoms with Gasteiger partial charge in [-0.2, -0.15) is 0 Å². The molecule has 1 saturated heterocycles. The van der Waals surface area contributed by atoms with Crippen molar-refractivity contribution < 1.29 is 4.79 Å². The molecule has 0 spiro atoms. The normalized spacial score (nSPS) is 17.5. The standard InChI is InChI=1S/C25H32N6O/c1-18(28-25(32)21-11-22(15-27-14-21)30-9-2-3-10-30)23-17-31-16-20(7-8-24(31)29-23)13-26-12-19-5-4-6-19/h7-8,11,14-19,26H,2-6,9-10,12-13H2,1H3,(H,28,32). The summed E-state index contributed by atoms with van der Waals surface area (Å²) < 4.78 is 2.05. The highest BCUT2D eigenvalue weighted by Crippen LogP contribution is 2.25. The van der Waals surface area contributed by atoms with E-state index >= 15 is 0 Å². The van der Waals surface area contributed by atoms with Gasteiger partial charge in [0.1, 0.15) is 5.65 Å². The van der Waals surface area contributed by atoms with Gasteiger partial charge in [0.05, 0.1) is 29.2 Å². The van der Waals surface area contributed by atoms with Crippen molar-refractivity contribution in [1.29, 1.82) is 0 Å². The van der Waals surface area contributed by atoms with Crippen molar-refractivity contribution >= 4 is 17.2 Å². The van der Waals surface area contributed by atoms with Crippen LogP contribution in [-0.2, 0) is 6.54 Å². The van der Waals surface area contributed by atoms with Crippen LogP contribution in [0.1, 0.15) is 66.7 Å². The van der Waals surface area contributed by atoms with Crippen LogP contribution in [0.25, 0.3) is 5.65 Å². The SMILES string of the molecule is CC(NC(=O)c1cncc(N2CCCC2)c1)c1cn2cc(CNCC3CCC3)ccc2n1. The average Bonchev–Trinajstić information content (AvgIpc) is 3.45. The highest BCUT2D eigenvalue weighted by atomic mass is 16.1. The van der Waals surface area contributed by atoms with E-state index in [0.29, 0.717) is 5.56 Å². The number of nitrogens with one attached hydrogen (secondary N) is 2. The first-order valence-electron chi connectivity index (χ1n) is 11.8. The summed E-state index contributed by atoms with van der Waals surface area (Å²) in [6.07, 6.45) is 14.1. The second kappa shape index (κ2) is 9.28. The first kappa shape index (κ1) is 20.9. The Bertz CT molecular complexity index is 1080. The zero-order valence-corrected chi connectivity index (χ0v) is 18.8. The Labute approximate surface area is 189 Å². The van der Waals surface area contributed by atoms with E-state index in [1.165, 1.54) is 37.7 Å². The molecular formula is C25H32N6O. The Morgan fingerprint density at radius 2 is 2.00 bits per heavy atom. The Morgan fingerprint density at radius 1 is 1.16 bits per heavy atom. The lowest BCUT2D eigenvalue weighted by Gasteiger charge is -2.25. The predicted molar refractivity (Wildman–Crippen MR) is 126 cm³/mol. The summed E-state index contributed by atoms with van der Waals surface area (Å²) in [5, 5.41) is 6.65. The maximum absolute atomic E-state index is 12.9. The van der Waals surface area contributed by atoms with E-state index in [-0.39, 0.29) is 11.9 Å². The van der Waals surface area contributed by atoms with Gasteiger partial charge in [-0.1, -0.05) is 12.5 Å². The molecule has 0 radical (unpaired) electrons. The van der Waals surface area contributed by atoms with Crippen molar-refractivity contribution in [3.8, 4) is 0 Å². The van der Waals surface area contributed by atoms with Crippen molar-refractivity contribution in [2.24, 2.45) is 5.92 Å². The first-order valence-corrected chi connectivity index (χ1v) is 11.8. The summed E-state index contributed by atoms with van der Waals surface area (Å²) in [4.78, 5) is 24.1. The van der Waals surface area contributed by atoms with E-state index in [0.717, 1.165) is 49.1 Å². The molecule has 4 heterocycles. The molecule has 1 aliphatic carbocycles. The molecule has 2 fully saturated rings. The molecule has 3 aromatic rings. The minimum Gasteiger partial charge on any atom is -0.370 e. The van der Waals surface area contributed by atoms with Gasteiger partial charge in [0.15, 0.2) is 0 Å². The second-order valence-electron chi connectivity index (χ2n) is 9.22. The number of aromatic nitrogens is 3. The number of nitrogens with zero attached hydrogens (tertiary/aromatic N) is 4. The van der Waals surface area contributed by atoms with Gasteiger partial charge in [0.2, 0.25) is 0 Å². The molecule has 7 nitrogen and oxygen atoms in total. The van der Waals surface area contributed by atoms with Crippen LogP contribution < -0.4 is 15.5 Å². The summed E-state index contributed by atoms with van der Waals surface area (Å²) in [5.74, 6) is 0.735. The van der Waals surface area contributed by atoms with E-state index in [1.54, 1.807) is 6.20 Å². The molecule has 2 N–H and O–H groups in total. The van der Waals surface area contributed by atoms with Crippen LogP contribution >= 0.6 is 0 Å². The highest BCUT2D eigenvalue weighted by Gasteiger charge is 2.18. The van der Waals surface area contributed by atoms with Crippen molar-refractivity contribution in [3.63, 3.8) is 0 Å². The molecule has 2 aliphatic rings. The van der Waals surface area contributed by atoms with Gasteiger partial charge >= 0.3 is 0 Å². The van der Waals surface area contributed by atoms with Crippen molar-refractivity contribution in [3.05, 3.63) is 59.8 Å². The smallest absolute Gasteiger partial charge is 0.253 e. The minimum atomic E-state index is -0.196. The van der Waals surface area contributed by atoms with Crippen molar-refractivity contribution in [2.75, 3.05) is 24.5 Å². The van der Waals surface area contributed by atoms with Gasteiger partial charge in [0.25, 0.3) is 5.91 Å². The van der Waals surface area contributed by atoms with E-state index in [1.807, 2.05) is 35.9 Å². The van der Waals surface area contributed by atoms with Crippen LogP contribution in [-0.4, -0.2) is 39.9 Å². The summed E-state index contributed by atoms with van der Waals surface area (Å²) in [6.45, 7) is 6.00. The Balaban J connectivity index is 1.22. The quantitative estimate of drug-likeness (QED) is 0.568. The molecule has 32 heavy (non-hydrogen) atoms. The van der Waals surface area contributed by atoms with Gasteiger partial charge in [-0.3, -0.25) is 9.78 Å². The number of carbonyl (C=O) groups is 1. The first-order chi connectivity index (χ1) is 15.7. The van der Waals surface area contributed by atoms with Gasteiger partial charge in [0, 0.05) is 38.2 Å². The van der Waals surface area contributed by atoms with Gasteiger partial charge in [-0.25, -0.2) is 4.98 Å². The van der Waals surface area contributed by atoms with Gasteiger partial charge < -0.3 is 19.9 Å². The Morgan fingerprint density at radius 3 is 2.78 bits per heavy atom. The fourth-order valence-electron chi connectivity index (χ4n) is 4.54. The van der Waals surface area contributed by atoms with Gasteiger partial charge in [-0.15, -0.1) is 0 Å². The van der Waals surface area contributed by atoms with Crippen molar-refractivity contribution in [1.82, 2.24) is 25.0 Å². The van der Waals surface area contributed by atoms with Crippen LogP contribution in [0.2, 0.25) is 0 Å². The zero-order valence-electron chi connectivity index (χ0n) is 18.8. The van der Waals surface area contributed by atoms with E-state index in [9.17, 15) is 4.79 Å². The van der Waals surface area contributed by atoms with Crippen LogP contribution in [0, 0.1) is 5.92 Å². The lowest BCUT2D eigenvalue weighted by Crippen LogP contribution is -2.27. The van der Waals surface area contributed by atoms with E-state index in [2.05, 4.69) is 32.8 Å². The molecule has 1 amide bonds. The maximum atomic E-state index is 12.9. The summed E-state index contributed by atoms with van der Waals surface area (Å²) >= 11 is 0. The average molecular weight is 433 g/mol. The maximum Gasteiger partial charge on any atom is 0.253 e. The third-order valence-corrected chi connectivity index (χ3v) is 6.77. The number of amides is 1. The molecule has 1 atom stereocenters. The summed E-state index contributed by atoms with van der Waals surface area (Å²) in [7, 11) is 0. The van der Waals surface area contributed by atoms with Crippen LogP contribution in [0.3, 0.4) is 0 Å². The van der Waals surface area contributed by atoms with E-state index in [4.69, 9.17) is 4.98 Å². The summed E-state index contributed by atoms with van der Waals surface area (Å²) in [5.41, 5.74) is 4.59. The Hall–Kier alpha value is -2.93. The second-order valence-corrected chi connectivity index (χ2v) is 9.22. The number of carbonyl (C=O) groups excluding carboxylic acids is 1. The van der Waals surface area contributed by atoms with Crippen molar-refractivity contribution in [2.45, 2.75) is 51.6 Å². The third-order valence-electron chi connectivity index (χ3n) is 6.77. The molecule has 1 saturated carbocycles. The lowest BCUT2D eigenvalue weighted by atomic mass is 9.85. The number of hydrogen-bond acceptors (Lipinski definition) is 5. The molecule has 0 aromatic carbocycles. The third kappa shape index (κ3) is 4.63. The number of hydrogen-bond donors (Lipinski definition) is 2. The molecule has 1 unspecified atom stereocenters. The molecule has 1 aliphatic heterocycles. The molecule has 5 rings (SSSR count). The predicted octanol–water partition coefficient (Wildman–Crippen LogP) is 3.71.